The third-order valence-corrected chi connectivity index (χ3v) is 28.2. The molecule has 0 aliphatic rings. The van der Waals surface area contributed by atoms with Gasteiger partial charge in [-0.05, 0) is 132 Å². The fourth-order valence-electron chi connectivity index (χ4n) is 21.7. The predicted octanol–water partition coefficient (Wildman–Crippen LogP) is 32.5. The summed E-state index contributed by atoms with van der Waals surface area (Å²) in [5, 5.41) is 17.8. The lowest BCUT2D eigenvalue weighted by Gasteiger charge is -2.12. The fourth-order valence-corrected chi connectivity index (χ4v) is 21.7. The fraction of sp³-hybridized carbons (Fsp3) is 0. The van der Waals surface area contributed by atoms with E-state index in [1.165, 1.54) is 32.6 Å². The second-order valence-electron chi connectivity index (χ2n) is 36.6. The second kappa shape index (κ2) is 33.8. The van der Waals surface area contributed by atoms with Gasteiger partial charge in [-0.25, -0.2) is 15.0 Å². The number of aromatic nitrogens is 14. The molecule has 11 heterocycles. The van der Waals surface area contributed by atoms with Gasteiger partial charge in [0.05, 0.1) is 71.3 Å². The van der Waals surface area contributed by atoms with E-state index in [2.05, 4.69) is 302 Å². The number of fused-ring (bicyclic) bond motifs is 27. The van der Waals surface area contributed by atoms with Gasteiger partial charge in [-0.2, -0.15) is 29.9 Å². The molecule has 682 valence electrons. The summed E-state index contributed by atoms with van der Waals surface area (Å²) in [6.45, 7) is 0. The number of benzene rings is 20. The van der Waals surface area contributed by atoms with Crippen LogP contribution in [0.4, 0.5) is 0 Å². The zero-order chi connectivity index (χ0) is 96.0. The highest BCUT2D eigenvalue weighted by Crippen LogP contribution is 2.48. The molecule has 0 atom stereocenters. The van der Waals surface area contributed by atoms with Crippen LogP contribution in [0.3, 0.4) is 0 Å². The van der Waals surface area contributed by atoms with Crippen molar-refractivity contribution in [1.82, 2.24) is 67.7 Å². The first-order chi connectivity index (χ1) is 72.4. The number of hydrogen-bond donors (Lipinski definition) is 0. The third kappa shape index (κ3) is 13.6. The molecule has 31 rings (SSSR count). The summed E-state index contributed by atoms with van der Waals surface area (Å²) < 4.78 is 30.5. The van der Waals surface area contributed by atoms with Crippen molar-refractivity contribution < 1.29 is 13.3 Å². The Morgan fingerprint density at radius 3 is 0.747 bits per heavy atom. The van der Waals surface area contributed by atoms with E-state index in [1.54, 1.807) is 0 Å². The van der Waals surface area contributed by atoms with Crippen molar-refractivity contribution in [3.63, 3.8) is 0 Å². The maximum atomic E-state index is 6.44. The summed E-state index contributed by atoms with van der Waals surface area (Å²) in [5.41, 5.74) is 25.6. The van der Waals surface area contributed by atoms with Gasteiger partial charge >= 0.3 is 0 Å². The average Bonchev–Trinajstić information content (AvgIpc) is 1.56. The van der Waals surface area contributed by atoms with Gasteiger partial charge < -0.3 is 22.4 Å². The topological polar surface area (TPSA) is 180 Å². The molecule has 11 aromatic heterocycles. The van der Waals surface area contributed by atoms with Gasteiger partial charge in [0.15, 0.2) is 34.9 Å². The Bertz CT molecular complexity index is 10400. The molecule has 0 amide bonds. The minimum atomic E-state index is 0.542. The van der Waals surface area contributed by atoms with Crippen molar-refractivity contribution >= 4 is 175 Å². The number of hydrogen-bond acceptors (Lipinski definition) is 12. The Morgan fingerprint density at radius 2 is 0.384 bits per heavy atom. The van der Waals surface area contributed by atoms with E-state index in [1.807, 2.05) is 194 Å². The van der Waals surface area contributed by atoms with Crippen LogP contribution in [0.15, 0.2) is 486 Å². The molecule has 0 saturated heterocycles. The predicted molar refractivity (Wildman–Crippen MR) is 591 cm³/mol. The molecular weight excluding hydrogens is 1790 g/mol. The van der Waals surface area contributed by atoms with Gasteiger partial charge in [0.1, 0.15) is 33.5 Å². The number of furan rings is 3. The molecule has 31 aromatic rings. The zero-order valence-electron chi connectivity index (χ0n) is 78.0. The van der Waals surface area contributed by atoms with Crippen molar-refractivity contribution in [3.8, 4) is 109 Å². The molecule has 0 saturated carbocycles. The van der Waals surface area contributed by atoms with Gasteiger partial charge in [0.2, 0.25) is 17.8 Å². The Morgan fingerprint density at radius 1 is 0.137 bits per heavy atom. The third-order valence-electron chi connectivity index (χ3n) is 28.2. The molecule has 0 radical (unpaired) electrons. The first-order valence-electron chi connectivity index (χ1n) is 48.7. The minimum absolute atomic E-state index is 0.542. The van der Waals surface area contributed by atoms with Crippen molar-refractivity contribution in [2.24, 2.45) is 0 Å². The van der Waals surface area contributed by atoms with Crippen LogP contribution in [0.25, 0.3) is 284 Å². The van der Waals surface area contributed by atoms with E-state index in [4.69, 9.17) is 58.1 Å². The SMILES string of the molecule is c1ccc(-c2cccc(-c3nc(-c4ccccc4)nc(-n4c5ccccc5c5ccc6oc7ccccc7c6c54)n3)c2)cc1.c1ccc(-c2nc(-c3ccccc3)nc(-n3c4cc(-n5c6ccccc6c6ccccc65)ccc4c4ccc5oc6ccccc6c5c43)n2)cc1.c1ccc(-c2nc(-c3ccccc3)nc(-n3c4ccc(-n5c6ccccc6c6ccccc65)cc4c4ccc5oc6ccccc6c5c43)n2)cc1. The Hall–Kier alpha value is -20.2. The summed E-state index contributed by atoms with van der Waals surface area (Å²) in [6, 6.07) is 163. The van der Waals surface area contributed by atoms with Crippen LogP contribution in [0.1, 0.15) is 0 Å². The molecule has 20 aromatic carbocycles. The molecule has 17 nitrogen and oxygen atoms in total. The van der Waals surface area contributed by atoms with Crippen LogP contribution in [0.5, 0.6) is 0 Å². The Labute approximate surface area is 832 Å². The summed E-state index contributed by atoms with van der Waals surface area (Å²) in [5.74, 6) is 5.32. The molecule has 0 spiro atoms. The standard InChI is InChI=1S/2C45H27N5O.C39H24N4O/c1-3-13-28(14-4-1)43-46-44(29-15-5-2-6-16-29)48-45(47-43)50-38-25-23-30(49-36-20-10-7-17-31(36)32-18-8-11-21-37(32)49)27-35(38)33-24-26-40-41(42(33)50)34-19-9-12-22-39(34)51-40;1-3-13-28(14-4-1)43-46-44(29-15-5-2-6-16-29)48-45(47-43)50-38-27-30(49-36-20-10-7-17-31(36)32-18-8-11-21-37(32)49)23-24-33(38)34-25-26-40-41(42(34)50)35-19-9-12-22-39(35)51-40;1-3-12-25(13-4-1)27-16-11-17-28(24-27)38-40-37(26-14-5-2-6-15-26)41-39(42-38)43-32-20-9-7-18-29(32)30-22-23-34-35(36(30)43)31-19-8-10-21-33(31)44-34/h2*1-27H;1-24H. The van der Waals surface area contributed by atoms with Gasteiger partial charge in [0, 0.05) is 115 Å². The number of rotatable bonds is 12. The van der Waals surface area contributed by atoms with Crippen LogP contribution >= 0.6 is 0 Å². The maximum Gasteiger partial charge on any atom is 0.238 e. The van der Waals surface area contributed by atoms with Gasteiger partial charge in [-0.15, -0.1) is 0 Å². The largest absolute Gasteiger partial charge is 0.456 e. The van der Waals surface area contributed by atoms with E-state index in [9.17, 15) is 0 Å². The number of nitrogens with zero attached hydrogens (tertiary/aromatic N) is 14. The van der Waals surface area contributed by atoms with Crippen molar-refractivity contribution in [2.75, 3.05) is 0 Å². The Balaban J connectivity index is 0.000000104. The van der Waals surface area contributed by atoms with E-state index in [-0.39, 0.29) is 0 Å². The maximum absolute atomic E-state index is 6.44. The normalized spacial score (nSPS) is 11.8. The highest BCUT2D eigenvalue weighted by molar-refractivity contribution is 6.28. The molecule has 0 fully saturated rings. The average molecular weight is 1870 g/mol. The number of para-hydroxylation sites is 8. The first kappa shape index (κ1) is 82.9. The van der Waals surface area contributed by atoms with Crippen LogP contribution in [-0.4, -0.2) is 67.7 Å². The van der Waals surface area contributed by atoms with Crippen LogP contribution < -0.4 is 0 Å². The summed E-state index contributed by atoms with van der Waals surface area (Å²) in [6.07, 6.45) is 0. The van der Waals surface area contributed by atoms with E-state index < -0.39 is 0 Å². The molecule has 0 aliphatic carbocycles. The molecule has 146 heavy (non-hydrogen) atoms. The molecule has 0 N–H and O–H groups in total. The monoisotopic (exact) mass is 1870 g/mol. The van der Waals surface area contributed by atoms with Gasteiger partial charge in [-0.3, -0.25) is 13.7 Å². The molecule has 0 unspecified atom stereocenters. The smallest absolute Gasteiger partial charge is 0.238 e. The van der Waals surface area contributed by atoms with Crippen LogP contribution in [-0.2, 0) is 0 Å². The van der Waals surface area contributed by atoms with Crippen molar-refractivity contribution in [3.05, 3.63) is 473 Å². The van der Waals surface area contributed by atoms with Crippen molar-refractivity contribution in [1.29, 1.82) is 0 Å². The zero-order valence-corrected chi connectivity index (χ0v) is 78.0. The molecule has 17 heteroatoms. The highest BCUT2D eigenvalue weighted by atomic mass is 16.3. The molecular formula is C129H78N14O3. The lowest BCUT2D eigenvalue weighted by atomic mass is 10.0. The summed E-state index contributed by atoms with van der Waals surface area (Å²) in [4.78, 5) is 46.2. The summed E-state index contributed by atoms with van der Waals surface area (Å²) in [7, 11) is 0. The lowest BCUT2D eigenvalue weighted by Crippen LogP contribution is -2.07. The van der Waals surface area contributed by atoms with Gasteiger partial charge in [-0.1, -0.05) is 352 Å². The minimum Gasteiger partial charge on any atom is -0.456 e. The first-order valence-corrected chi connectivity index (χ1v) is 48.7. The second-order valence-corrected chi connectivity index (χ2v) is 36.6. The molecule has 0 bridgehead atoms. The summed E-state index contributed by atoms with van der Waals surface area (Å²) >= 11 is 0. The highest BCUT2D eigenvalue weighted by Gasteiger charge is 2.29. The van der Waals surface area contributed by atoms with E-state index >= 15 is 0 Å². The van der Waals surface area contributed by atoms with Crippen LogP contribution in [0.2, 0.25) is 0 Å². The van der Waals surface area contributed by atoms with Crippen LogP contribution in [0, 0.1) is 0 Å². The van der Waals surface area contributed by atoms with E-state index in [0.29, 0.717) is 52.8 Å². The molecule has 0 aliphatic heterocycles. The van der Waals surface area contributed by atoms with Gasteiger partial charge in [0.25, 0.3) is 0 Å². The Kier molecular flexibility index (Phi) is 19.2. The quantitative estimate of drug-likeness (QED) is 0.113. The van der Waals surface area contributed by atoms with Crippen molar-refractivity contribution in [2.45, 2.75) is 0 Å². The lowest BCUT2D eigenvalue weighted by molar-refractivity contribution is 0.669. The van der Waals surface area contributed by atoms with E-state index in [0.717, 1.165) is 198 Å².